The second-order valence-corrected chi connectivity index (χ2v) is 7.41. The lowest BCUT2D eigenvalue weighted by Gasteiger charge is -2.10. The van der Waals surface area contributed by atoms with Gasteiger partial charge in [0.1, 0.15) is 5.75 Å². The summed E-state index contributed by atoms with van der Waals surface area (Å²) in [5, 5.41) is 10.6. The molecule has 6 nitrogen and oxygen atoms in total. The van der Waals surface area contributed by atoms with Crippen molar-refractivity contribution < 1.29 is 13.5 Å². The third-order valence-corrected chi connectivity index (χ3v) is 4.47. The average molecular weight is 345 g/mol. The number of nitrogen functional groups attached to an aromatic ring is 1. The average Bonchev–Trinajstić information content (AvgIpc) is 2.78. The molecule has 1 heterocycles. The predicted molar refractivity (Wildman–Crippen MR) is 97.6 cm³/mol. The summed E-state index contributed by atoms with van der Waals surface area (Å²) in [4.78, 5) is 0. The Kier molecular flexibility index (Phi) is 3.88. The number of hydrogen-bond donors (Lipinski definition) is 3. The smallest absolute Gasteiger partial charge is 0.229 e. The number of aromatic nitrogens is 1. The molecular formula is C17H19N3O3S. The van der Waals surface area contributed by atoms with Gasteiger partial charge in [-0.05, 0) is 31.2 Å². The zero-order chi connectivity index (χ0) is 17.5. The van der Waals surface area contributed by atoms with E-state index >= 15 is 0 Å². The molecule has 7 heteroatoms. The number of phenolic OH excluding ortho intramolecular Hbond substituents is 1. The van der Waals surface area contributed by atoms with E-state index in [2.05, 4.69) is 4.72 Å². The number of nitrogens with two attached hydrogens (primary N) is 1. The van der Waals surface area contributed by atoms with Crippen molar-refractivity contribution in [3.05, 3.63) is 42.5 Å². The molecule has 24 heavy (non-hydrogen) atoms. The fourth-order valence-corrected chi connectivity index (χ4v) is 3.48. The standard InChI is InChI=1S/C17H19N3O3S/c1-3-20-15-10-13(21)8-9-14(15)16(18)17(20)11-4-6-12(7-5-11)19-24(2,22)23/h4-10,19,21H,3,18H2,1-2H3. The van der Waals surface area contributed by atoms with Crippen molar-refractivity contribution in [2.75, 3.05) is 16.7 Å². The monoisotopic (exact) mass is 345 g/mol. The largest absolute Gasteiger partial charge is 0.508 e. The topological polar surface area (TPSA) is 97.4 Å². The summed E-state index contributed by atoms with van der Waals surface area (Å²) in [6, 6.07) is 12.2. The van der Waals surface area contributed by atoms with Crippen LogP contribution in [0.15, 0.2) is 42.5 Å². The highest BCUT2D eigenvalue weighted by molar-refractivity contribution is 7.92. The second-order valence-electron chi connectivity index (χ2n) is 5.66. The van der Waals surface area contributed by atoms with Crippen LogP contribution in [-0.4, -0.2) is 24.3 Å². The normalized spacial score (nSPS) is 11.8. The summed E-state index contributed by atoms with van der Waals surface area (Å²) >= 11 is 0. The van der Waals surface area contributed by atoms with Crippen molar-refractivity contribution in [1.82, 2.24) is 4.57 Å². The summed E-state index contributed by atoms with van der Waals surface area (Å²) in [5.74, 6) is 0.189. The number of anilines is 2. The molecule has 0 aliphatic carbocycles. The van der Waals surface area contributed by atoms with Gasteiger partial charge in [0, 0.05) is 29.2 Å². The van der Waals surface area contributed by atoms with E-state index in [4.69, 9.17) is 5.73 Å². The van der Waals surface area contributed by atoms with Gasteiger partial charge in [-0.1, -0.05) is 12.1 Å². The van der Waals surface area contributed by atoms with E-state index in [1.54, 1.807) is 30.3 Å². The van der Waals surface area contributed by atoms with Gasteiger partial charge in [0.2, 0.25) is 10.0 Å². The first-order valence-corrected chi connectivity index (χ1v) is 9.38. The number of fused-ring (bicyclic) bond motifs is 1. The molecule has 0 saturated heterocycles. The Labute approximate surface area is 140 Å². The minimum Gasteiger partial charge on any atom is -0.508 e. The quantitative estimate of drug-likeness (QED) is 0.677. The number of rotatable bonds is 4. The van der Waals surface area contributed by atoms with Crippen LogP contribution in [-0.2, 0) is 16.6 Å². The molecule has 0 aliphatic heterocycles. The Morgan fingerprint density at radius 2 is 1.83 bits per heavy atom. The van der Waals surface area contributed by atoms with Gasteiger partial charge in [0.25, 0.3) is 0 Å². The first-order chi connectivity index (χ1) is 11.3. The van der Waals surface area contributed by atoms with Crippen LogP contribution in [0.3, 0.4) is 0 Å². The van der Waals surface area contributed by atoms with Gasteiger partial charge in [-0.3, -0.25) is 4.72 Å². The predicted octanol–water partition coefficient (Wildman–Crippen LogP) is 2.99. The lowest BCUT2D eigenvalue weighted by Crippen LogP contribution is -2.09. The maximum Gasteiger partial charge on any atom is 0.229 e. The van der Waals surface area contributed by atoms with Crippen LogP contribution in [0.5, 0.6) is 5.75 Å². The Balaban J connectivity index is 2.14. The molecule has 0 amide bonds. The maximum atomic E-state index is 11.3. The van der Waals surface area contributed by atoms with E-state index in [-0.39, 0.29) is 5.75 Å². The van der Waals surface area contributed by atoms with Gasteiger partial charge in [-0.2, -0.15) is 0 Å². The minimum absolute atomic E-state index is 0.189. The van der Waals surface area contributed by atoms with Crippen LogP contribution < -0.4 is 10.5 Å². The molecule has 0 fully saturated rings. The molecule has 2 aromatic carbocycles. The number of nitrogens with one attached hydrogen (secondary N) is 1. The van der Waals surface area contributed by atoms with Crippen LogP contribution in [0.25, 0.3) is 22.2 Å². The Bertz CT molecular complexity index is 1010. The highest BCUT2D eigenvalue weighted by atomic mass is 32.2. The third-order valence-electron chi connectivity index (χ3n) is 3.87. The van der Waals surface area contributed by atoms with Crippen LogP contribution in [0.1, 0.15) is 6.92 Å². The SMILES string of the molecule is CCn1c(-c2ccc(NS(C)(=O)=O)cc2)c(N)c2ccc(O)cc21. The Morgan fingerprint density at radius 1 is 1.17 bits per heavy atom. The van der Waals surface area contributed by atoms with Gasteiger partial charge in [-0.15, -0.1) is 0 Å². The number of nitrogens with zero attached hydrogens (tertiary/aromatic N) is 1. The fraction of sp³-hybridized carbons (Fsp3) is 0.176. The van der Waals surface area contributed by atoms with Crippen molar-refractivity contribution in [2.45, 2.75) is 13.5 Å². The van der Waals surface area contributed by atoms with E-state index in [1.807, 2.05) is 23.6 Å². The number of benzene rings is 2. The Morgan fingerprint density at radius 3 is 2.42 bits per heavy atom. The van der Waals surface area contributed by atoms with Crippen molar-refractivity contribution >= 4 is 32.3 Å². The van der Waals surface area contributed by atoms with Gasteiger partial charge in [-0.25, -0.2) is 8.42 Å². The highest BCUT2D eigenvalue weighted by Gasteiger charge is 2.16. The molecular weight excluding hydrogens is 326 g/mol. The first kappa shape index (κ1) is 16.2. The van der Waals surface area contributed by atoms with E-state index < -0.39 is 10.0 Å². The molecule has 0 bridgehead atoms. The lowest BCUT2D eigenvalue weighted by molar-refractivity contribution is 0.476. The minimum atomic E-state index is -3.31. The number of hydrogen-bond acceptors (Lipinski definition) is 4. The first-order valence-electron chi connectivity index (χ1n) is 7.49. The summed E-state index contributed by atoms with van der Waals surface area (Å²) < 4.78 is 27.1. The van der Waals surface area contributed by atoms with Gasteiger partial charge < -0.3 is 15.4 Å². The molecule has 4 N–H and O–H groups in total. The van der Waals surface area contributed by atoms with Crippen molar-refractivity contribution in [2.24, 2.45) is 0 Å². The highest BCUT2D eigenvalue weighted by Crippen LogP contribution is 2.37. The number of aromatic hydroxyl groups is 1. The summed E-state index contributed by atoms with van der Waals surface area (Å²) in [5.41, 5.74) is 10.0. The summed E-state index contributed by atoms with van der Waals surface area (Å²) in [7, 11) is -3.31. The van der Waals surface area contributed by atoms with E-state index in [1.165, 1.54) is 0 Å². The Hall–Kier alpha value is -2.67. The number of phenols is 1. The van der Waals surface area contributed by atoms with Crippen LogP contribution in [0.2, 0.25) is 0 Å². The molecule has 3 aromatic rings. The number of aryl methyl sites for hydroxylation is 1. The summed E-state index contributed by atoms with van der Waals surface area (Å²) in [6.45, 7) is 2.70. The zero-order valence-corrected chi connectivity index (χ0v) is 14.3. The molecule has 0 spiro atoms. The van der Waals surface area contributed by atoms with Gasteiger partial charge in [0.15, 0.2) is 0 Å². The third kappa shape index (κ3) is 2.90. The van der Waals surface area contributed by atoms with Crippen LogP contribution >= 0.6 is 0 Å². The molecule has 0 saturated carbocycles. The van der Waals surface area contributed by atoms with Gasteiger partial charge >= 0.3 is 0 Å². The molecule has 3 rings (SSSR count). The van der Waals surface area contributed by atoms with Crippen LogP contribution in [0.4, 0.5) is 11.4 Å². The fourth-order valence-electron chi connectivity index (χ4n) is 2.91. The lowest BCUT2D eigenvalue weighted by atomic mass is 10.1. The molecule has 0 radical (unpaired) electrons. The van der Waals surface area contributed by atoms with E-state index in [0.29, 0.717) is 17.9 Å². The van der Waals surface area contributed by atoms with E-state index in [9.17, 15) is 13.5 Å². The molecule has 0 atom stereocenters. The second kappa shape index (κ2) is 5.76. The van der Waals surface area contributed by atoms with Crippen molar-refractivity contribution in [3.8, 4) is 17.0 Å². The molecule has 126 valence electrons. The van der Waals surface area contributed by atoms with Crippen LogP contribution in [0, 0.1) is 0 Å². The number of sulfonamides is 1. The molecule has 0 aliphatic rings. The van der Waals surface area contributed by atoms with Gasteiger partial charge in [0.05, 0.1) is 23.2 Å². The van der Waals surface area contributed by atoms with Crippen molar-refractivity contribution in [3.63, 3.8) is 0 Å². The van der Waals surface area contributed by atoms with E-state index in [0.717, 1.165) is 28.4 Å². The maximum absolute atomic E-state index is 11.3. The molecule has 0 unspecified atom stereocenters. The van der Waals surface area contributed by atoms with Crippen molar-refractivity contribution in [1.29, 1.82) is 0 Å². The summed E-state index contributed by atoms with van der Waals surface area (Å²) in [6.07, 6.45) is 1.11. The zero-order valence-electron chi connectivity index (χ0n) is 13.4. The molecule has 1 aromatic heterocycles.